The number of nitro benzene ring substituents is 1. The second-order valence-corrected chi connectivity index (χ2v) is 5.47. The molecule has 0 fully saturated rings. The minimum Gasteiger partial charge on any atom is -0.398 e. The van der Waals surface area contributed by atoms with E-state index in [4.69, 9.17) is 5.73 Å². The minimum absolute atomic E-state index is 0.0418. The van der Waals surface area contributed by atoms with E-state index in [2.05, 4.69) is 15.3 Å². The van der Waals surface area contributed by atoms with Crippen LogP contribution < -0.4 is 11.1 Å². The minimum atomic E-state index is -0.582. The van der Waals surface area contributed by atoms with Gasteiger partial charge in [-0.15, -0.1) is 0 Å². The van der Waals surface area contributed by atoms with Crippen molar-refractivity contribution in [2.75, 3.05) is 5.73 Å². The molecule has 3 aromatic rings. The van der Waals surface area contributed by atoms with Crippen LogP contribution in [0.4, 0.5) is 11.4 Å². The highest BCUT2D eigenvalue weighted by molar-refractivity contribution is 5.99. The van der Waals surface area contributed by atoms with Crippen molar-refractivity contribution in [3.63, 3.8) is 0 Å². The van der Waals surface area contributed by atoms with E-state index in [9.17, 15) is 14.9 Å². The second kappa shape index (κ2) is 7.39. The normalized spacial score (nSPS) is 10.3. The number of carbonyl (C=O) groups is 1. The van der Waals surface area contributed by atoms with E-state index in [-0.39, 0.29) is 23.5 Å². The summed E-state index contributed by atoms with van der Waals surface area (Å²) in [5.41, 5.74) is 7.59. The van der Waals surface area contributed by atoms with E-state index < -0.39 is 10.8 Å². The van der Waals surface area contributed by atoms with E-state index in [0.717, 1.165) is 17.2 Å². The summed E-state index contributed by atoms with van der Waals surface area (Å²) in [5.74, 6) is -0.107. The number of carbonyl (C=O) groups excluding carboxylic acids is 1. The number of aromatic nitrogens is 2. The maximum atomic E-state index is 12.2. The van der Waals surface area contributed by atoms with Crippen molar-refractivity contribution in [1.29, 1.82) is 0 Å². The van der Waals surface area contributed by atoms with Gasteiger partial charge < -0.3 is 11.1 Å². The number of nitrogens with one attached hydrogen (secondary N) is 1. The molecule has 1 heterocycles. The molecule has 0 aliphatic heterocycles. The van der Waals surface area contributed by atoms with Gasteiger partial charge in [0.05, 0.1) is 17.0 Å². The van der Waals surface area contributed by atoms with Crippen molar-refractivity contribution in [2.24, 2.45) is 0 Å². The van der Waals surface area contributed by atoms with Crippen LogP contribution in [-0.4, -0.2) is 20.8 Å². The highest BCUT2D eigenvalue weighted by Gasteiger charge is 2.15. The summed E-state index contributed by atoms with van der Waals surface area (Å²) in [7, 11) is 0. The number of nitrogens with two attached hydrogens (primary N) is 1. The zero-order valence-electron chi connectivity index (χ0n) is 13.6. The number of anilines is 1. The van der Waals surface area contributed by atoms with Crippen molar-refractivity contribution in [1.82, 2.24) is 15.3 Å². The summed E-state index contributed by atoms with van der Waals surface area (Å²) in [6.07, 6.45) is 3.34. The monoisotopic (exact) mass is 349 g/mol. The zero-order chi connectivity index (χ0) is 18.5. The van der Waals surface area contributed by atoms with Gasteiger partial charge in [0.15, 0.2) is 0 Å². The van der Waals surface area contributed by atoms with Crippen LogP contribution in [0.2, 0.25) is 0 Å². The smallest absolute Gasteiger partial charge is 0.270 e. The van der Waals surface area contributed by atoms with Crippen LogP contribution >= 0.6 is 0 Å². The first-order chi connectivity index (χ1) is 12.5. The largest absolute Gasteiger partial charge is 0.398 e. The Hall–Kier alpha value is -3.81. The molecule has 0 atom stereocenters. The Bertz CT molecular complexity index is 943. The first kappa shape index (κ1) is 17.0. The number of hydrogen-bond donors (Lipinski definition) is 2. The molecule has 0 unspecified atom stereocenters. The van der Waals surface area contributed by atoms with E-state index in [1.165, 1.54) is 12.1 Å². The molecule has 0 aliphatic rings. The molecule has 1 aromatic heterocycles. The van der Waals surface area contributed by atoms with Gasteiger partial charge in [-0.3, -0.25) is 14.9 Å². The third kappa shape index (κ3) is 3.81. The molecular formula is C18H15N5O3. The Morgan fingerprint density at radius 1 is 1.08 bits per heavy atom. The summed E-state index contributed by atoms with van der Waals surface area (Å²) in [5, 5.41) is 13.4. The van der Waals surface area contributed by atoms with Gasteiger partial charge in [0.2, 0.25) is 0 Å². The topological polar surface area (TPSA) is 124 Å². The van der Waals surface area contributed by atoms with E-state index in [0.29, 0.717) is 5.82 Å². The van der Waals surface area contributed by atoms with Crippen molar-refractivity contribution in [2.45, 2.75) is 6.54 Å². The molecule has 8 heteroatoms. The lowest BCUT2D eigenvalue weighted by Crippen LogP contribution is -2.25. The van der Waals surface area contributed by atoms with Crippen molar-refractivity contribution in [3.8, 4) is 11.1 Å². The molecule has 0 saturated heterocycles. The number of non-ortho nitro benzene ring substituents is 1. The second-order valence-electron chi connectivity index (χ2n) is 5.47. The van der Waals surface area contributed by atoms with Gasteiger partial charge in [0, 0.05) is 35.8 Å². The Morgan fingerprint density at radius 3 is 2.42 bits per heavy atom. The molecule has 0 radical (unpaired) electrons. The summed E-state index contributed by atoms with van der Waals surface area (Å²) >= 11 is 0. The molecule has 0 aliphatic carbocycles. The Labute approximate surface area is 148 Å². The molecular weight excluding hydrogens is 334 g/mol. The SMILES string of the molecule is Nc1ccc([N+](=O)[O-])cc1C(=O)NCc1ncc(-c2ccccc2)cn1. The zero-order valence-corrected chi connectivity index (χ0v) is 13.6. The summed E-state index contributed by atoms with van der Waals surface area (Å²) < 4.78 is 0. The fourth-order valence-corrected chi connectivity index (χ4v) is 2.33. The number of hydrogen-bond acceptors (Lipinski definition) is 6. The van der Waals surface area contributed by atoms with Crippen LogP contribution in [-0.2, 0) is 6.54 Å². The van der Waals surface area contributed by atoms with Crippen molar-refractivity contribution >= 4 is 17.3 Å². The molecule has 1 amide bonds. The quantitative estimate of drug-likeness (QED) is 0.414. The third-order valence-electron chi connectivity index (χ3n) is 3.71. The molecule has 0 saturated carbocycles. The van der Waals surface area contributed by atoms with Crippen LogP contribution in [0.1, 0.15) is 16.2 Å². The Kier molecular flexibility index (Phi) is 4.84. The number of rotatable bonds is 5. The van der Waals surface area contributed by atoms with Gasteiger partial charge >= 0.3 is 0 Å². The van der Waals surface area contributed by atoms with Crippen LogP contribution in [0.5, 0.6) is 0 Å². The van der Waals surface area contributed by atoms with E-state index in [1.807, 2.05) is 30.3 Å². The van der Waals surface area contributed by atoms with Crippen LogP contribution in [0.25, 0.3) is 11.1 Å². The predicted molar refractivity (Wildman–Crippen MR) is 96.1 cm³/mol. The molecule has 0 spiro atoms. The number of nitrogen functional groups attached to an aromatic ring is 1. The summed E-state index contributed by atoms with van der Waals surface area (Å²) in [4.78, 5) is 30.9. The Balaban J connectivity index is 1.68. The lowest BCUT2D eigenvalue weighted by atomic mass is 10.1. The van der Waals surface area contributed by atoms with Crippen LogP contribution in [0.15, 0.2) is 60.9 Å². The van der Waals surface area contributed by atoms with Gasteiger partial charge in [-0.05, 0) is 11.6 Å². The molecule has 8 nitrogen and oxygen atoms in total. The number of benzene rings is 2. The summed E-state index contributed by atoms with van der Waals surface area (Å²) in [6, 6.07) is 13.4. The number of nitro groups is 1. The average Bonchev–Trinajstić information content (AvgIpc) is 2.67. The molecule has 2 aromatic carbocycles. The Morgan fingerprint density at radius 2 is 1.77 bits per heavy atom. The van der Waals surface area contributed by atoms with Crippen molar-refractivity contribution in [3.05, 3.63) is 82.4 Å². The first-order valence-electron chi connectivity index (χ1n) is 7.73. The van der Waals surface area contributed by atoms with Gasteiger partial charge in [0.25, 0.3) is 11.6 Å². The van der Waals surface area contributed by atoms with Gasteiger partial charge in [-0.25, -0.2) is 9.97 Å². The van der Waals surface area contributed by atoms with Crippen LogP contribution in [0.3, 0.4) is 0 Å². The molecule has 26 heavy (non-hydrogen) atoms. The van der Waals surface area contributed by atoms with Gasteiger partial charge in [-0.1, -0.05) is 30.3 Å². The van der Waals surface area contributed by atoms with Gasteiger partial charge in [0.1, 0.15) is 5.82 Å². The molecule has 130 valence electrons. The third-order valence-corrected chi connectivity index (χ3v) is 3.71. The molecule has 3 rings (SSSR count). The summed E-state index contributed by atoms with van der Waals surface area (Å²) in [6.45, 7) is 0.0794. The fourth-order valence-electron chi connectivity index (χ4n) is 2.33. The van der Waals surface area contributed by atoms with Gasteiger partial charge in [-0.2, -0.15) is 0 Å². The maximum Gasteiger partial charge on any atom is 0.270 e. The molecule has 0 bridgehead atoms. The lowest BCUT2D eigenvalue weighted by Gasteiger charge is -2.07. The standard InChI is InChI=1S/C18H15N5O3/c19-16-7-6-14(23(25)26)8-15(16)18(24)22-11-17-20-9-13(10-21-17)12-4-2-1-3-5-12/h1-10H,11,19H2,(H,22,24). The van der Waals surface area contributed by atoms with Crippen molar-refractivity contribution < 1.29 is 9.72 Å². The van der Waals surface area contributed by atoms with E-state index in [1.54, 1.807) is 12.4 Å². The highest BCUT2D eigenvalue weighted by Crippen LogP contribution is 2.20. The first-order valence-corrected chi connectivity index (χ1v) is 7.73. The number of amides is 1. The number of nitrogens with zero attached hydrogens (tertiary/aromatic N) is 3. The maximum absolute atomic E-state index is 12.2. The van der Waals surface area contributed by atoms with E-state index >= 15 is 0 Å². The molecule has 3 N–H and O–H groups in total. The van der Waals surface area contributed by atoms with Crippen LogP contribution in [0, 0.1) is 10.1 Å². The fraction of sp³-hybridized carbons (Fsp3) is 0.0556. The average molecular weight is 349 g/mol. The lowest BCUT2D eigenvalue weighted by molar-refractivity contribution is -0.384. The predicted octanol–water partition coefficient (Wildman–Crippen LogP) is 2.56. The highest BCUT2D eigenvalue weighted by atomic mass is 16.6.